The zero-order valence-electron chi connectivity index (χ0n) is 27.7. The van der Waals surface area contributed by atoms with Crippen molar-refractivity contribution in [3.8, 4) is 0 Å². The van der Waals surface area contributed by atoms with E-state index in [-0.39, 0.29) is 37.6 Å². The maximum Gasteiger partial charge on any atom is 0.245 e. The molecule has 0 spiro atoms. The molecule has 2 aliphatic rings. The summed E-state index contributed by atoms with van der Waals surface area (Å²) < 4.78 is 0. The molecule has 1 aromatic carbocycles. The van der Waals surface area contributed by atoms with Gasteiger partial charge in [0, 0.05) is 20.0 Å². The Hall–Kier alpha value is -4.00. The number of rotatable bonds is 7. The summed E-state index contributed by atoms with van der Waals surface area (Å²) in [5.41, 5.74) is 0.775. The van der Waals surface area contributed by atoms with Gasteiger partial charge in [0.05, 0.1) is 12.6 Å². The summed E-state index contributed by atoms with van der Waals surface area (Å²) in [5, 5.41) is 21.3. The van der Waals surface area contributed by atoms with Gasteiger partial charge in [0.25, 0.3) is 0 Å². The van der Waals surface area contributed by atoms with Gasteiger partial charge < -0.3 is 36.2 Å². The number of nitrogens with zero attached hydrogens (tertiary/aromatic N) is 2. The Morgan fingerprint density at radius 3 is 1.87 bits per heavy atom. The molecule has 254 valence electrons. The van der Waals surface area contributed by atoms with E-state index in [0.29, 0.717) is 19.4 Å². The van der Waals surface area contributed by atoms with Crippen LogP contribution in [0.5, 0.6) is 0 Å². The lowest BCUT2D eigenvalue weighted by Crippen LogP contribution is -2.62. The second-order valence-corrected chi connectivity index (χ2v) is 13.3. The largest absolute Gasteiger partial charge is 0.391 e. The van der Waals surface area contributed by atoms with E-state index in [1.807, 2.05) is 58.0 Å². The molecule has 1 aromatic rings. The predicted octanol–water partition coefficient (Wildman–Crippen LogP) is 0.104. The van der Waals surface area contributed by atoms with Crippen LogP contribution in [0.1, 0.15) is 65.9 Å². The van der Waals surface area contributed by atoms with Gasteiger partial charge in [-0.1, -0.05) is 58.0 Å². The Morgan fingerprint density at radius 2 is 1.30 bits per heavy atom. The van der Waals surface area contributed by atoms with Gasteiger partial charge in [0.15, 0.2) is 0 Å². The number of hydrogen-bond donors (Lipinski definition) is 5. The van der Waals surface area contributed by atoms with Crippen molar-refractivity contribution in [1.29, 1.82) is 0 Å². The van der Waals surface area contributed by atoms with Gasteiger partial charge in [-0.05, 0) is 50.0 Å². The summed E-state index contributed by atoms with van der Waals surface area (Å²) in [4.78, 5) is 84.2. The number of benzene rings is 1. The molecular weight excluding hydrogens is 592 g/mol. The van der Waals surface area contributed by atoms with Gasteiger partial charge in [0.1, 0.15) is 30.2 Å². The molecule has 0 aliphatic carbocycles. The molecule has 0 bridgehead atoms. The molecule has 2 heterocycles. The van der Waals surface area contributed by atoms with Crippen molar-refractivity contribution in [2.45, 2.75) is 103 Å². The van der Waals surface area contributed by atoms with Gasteiger partial charge in [-0.2, -0.15) is 0 Å². The van der Waals surface area contributed by atoms with E-state index in [0.717, 1.165) is 5.56 Å². The average Bonchev–Trinajstić information content (AvgIpc) is 3.48. The zero-order valence-corrected chi connectivity index (χ0v) is 27.7. The molecule has 13 heteroatoms. The van der Waals surface area contributed by atoms with Gasteiger partial charge in [0.2, 0.25) is 35.4 Å². The van der Waals surface area contributed by atoms with Crippen molar-refractivity contribution in [3.63, 3.8) is 0 Å². The van der Waals surface area contributed by atoms with Gasteiger partial charge in [-0.3, -0.25) is 28.8 Å². The molecule has 2 saturated heterocycles. The van der Waals surface area contributed by atoms with Gasteiger partial charge in [-0.25, -0.2) is 0 Å². The summed E-state index contributed by atoms with van der Waals surface area (Å²) in [7, 11) is 1.47. The van der Waals surface area contributed by atoms with Gasteiger partial charge >= 0.3 is 0 Å². The van der Waals surface area contributed by atoms with Crippen LogP contribution < -0.4 is 21.3 Å². The monoisotopic (exact) mass is 642 g/mol. The average molecular weight is 643 g/mol. The third kappa shape index (κ3) is 10.0. The van der Waals surface area contributed by atoms with Crippen molar-refractivity contribution in [2.75, 3.05) is 20.1 Å². The van der Waals surface area contributed by atoms with Crippen LogP contribution >= 0.6 is 0 Å². The van der Waals surface area contributed by atoms with Crippen LogP contribution in [-0.2, 0) is 35.2 Å². The number of likely N-dealkylation sites (N-methyl/N-ethyl adjacent to an activating group) is 1. The third-order valence-corrected chi connectivity index (χ3v) is 8.26. The number of fused-ring (bicyclic) bond motifs is 1. The standard InChI is InChI=1S/C33H50N6O7/c1-19(2)15-23-29(42)36-25(17-22-11-8-7-9-12-22)33(46)38(6)18-27(41)39-14-10-13-26(39)31(44)34-24(16-20(3)4)30(43)37-28(21(5)40)32(45)35-23/h7-9,11-12,19-21,23-26,28,40H,10,13-18H2,1-6H3,(H,34,44)(H,35,45)(H,36,42)(H,37,43)/t21-,23+,24+,25+,26+,28+/m1/s1. The summed E-state index contributed by atoms with van der Waals surface area (Å²) in [6, 6.07) is 3.60. The van der Waals surface area contributed by atoms with Crippen LogP contribution in [0, 0.1) is 11.8 Å². The quantitative estimate of drug-likeness (QED) is 0.280. The highest BCUT2D eigenvalue weighted by atomic mass is 16.3. The van der Waals surface area contributed by atoms with Crippen molar-refractivity contribution in [1.82, 2.24) is 31.1 Å². The first kappa shape index (κ1) is 36.5. The van der Waals surface area contributed by atoms with Crippen molar-refractivity contribution in [3.05, 3.63) is 35.9 Å². The molecule has 13 nitrogen and oxygen atoms in total. The first-order valence-corrected chi connectivity index (χ1v) is 16.2. The number of aliphatic hydroxyl groups is 1. The van der Waals surface area contributed by atoms with Crippen LogP contribution in [0.25, 0.3) is 0 Å². The Kier molecular flexibility index (Phi) is 13.1. The fourth-order valence-corrected chi connectivity index (χ4v) is 5.89. The van der Waals surface area contributed by atoms with E-state index in [1.165, 1.54) is 23.8 Å². The number of hydrogen-bond acceptors (Lipinski definition) is 7. The molecule has 0 unspecified atom stereocenters. The summed E-state index contributed by atoms with van der Waals surface area (Å²) >= 11 is 0. The minimum Gasteiger partial charge on any atom is -0.391 e. The van der Waals surface area contributed by atoms with E-state index < -0.39 is 71.8 Å². The molecule has 6 atom stereocenters. The fraction of sp³-hybridized carbons (Fsp3) is 0.636. The van der Waals surface area contributed by atoms with E-state index >= 15 is 0 Å². The number of aliphatic hydroxyl groups excluding tert-OH is 1. The molecule has 0 aromatic heterocycles. The number of carbonyl (C=O) groups is 6. The highest BCUT2D eigenvalue weighted by molar-refractivity contribution is 5.98. The predicted molar refractivity (Wildman–Crippen MR) is 171 cm³/mol. The van der Waals surface area contributed by atoms with Crippen LogP contribution in [-0.4, -0.2) is 107 Å². The van der Waals surface area contributed by atoms with Crippen LogP contribution in [0.15, 0.2) is 30.3 Å². The zero-order chi connectivity index (χ0) is 34.1. The highest BCUT2D eigenvalue weighted by Gasteiger charge is 2.39. The number of amides is 6. The minimum absolute atomic E-state index is 0.0170. The molecule has 0 radical (unpaired) electrons. The topological polar surface area (TPSA) is 177 Å². The molecule has 2 fully saturated rings. The second-order valence-electron chi connectivity index (χ2n) is 13.3. The normalized spacial score (nSPS) is 26.6. The summed E-state index contributed by atoms with van der Waals surface area (Å²) in [6.45, 7) is 8.83. The lowest BCUT2D eigenvalue weighted by Gasteiger charge is -2.32. The molecule has 6 amide bonds. The molecule has 5 N–H and O–H groups in total. The van der Waals surface area contributed by atoms with E-state index in [2.05, 4.69) is 21.3 Å². The Bertz CT molecular complexity index is 1250. The molecule has 46 heavy (non-hydrogen) atoms. The molecular formula is C33H50N6O7. The maximum atomic E-state index is 13.8. The summed E-state index contributed by atoms with van der Waals surface area (Å²) in [5.74, 6) is -3.57. The van der Waals surface area contributed by atoms with Crippen molar-refractivity contribution >= 4 is 35.4 Å². The van der Waals surface area contributed by atoms with Crippen molar-refractivity contribution < 1.29 is 33.9 Å². The lowest BCUT2D eigenvalue weighted by atomic mass is 9.99. The second kappa shape index (κ2) is 16.5. The van der Waals surface area contributed by atoms with E-state index in [9.17, 15) is 33.9 Å². The number of carbonyl (C=O) groups excluding carboxylic acids is 6. The molecule has 3 rings (SSSR count). The summed E-state index contributed by atoms with van der Waals surface area (Å²) in [6.07, 6.45) is 0.192. The number of nitrogens with one attached hydrogen (secondary N) is 4. The molecule has 0 saturated carbocycles. The van der Waals surface area contributed by atoms with Crippen LogP contribution in [0.4, 0.5) is 0 Å². The Morgan fingerprint density at radius 1 is 0.761 bits per heavy atom. The van der Waals surface area contributed by atoms with E-state index in [1.54, 1.807) is 0 Å². The van der Waals surface area contributed by atoms with Crippen LogP contribution in [0.3, 0.4) is 0 Å². The minimum atomic E-state index is -1.43. The first-order chi connectivity index (χ1) is 21.7. The smallest absolute Gasteiger partial charge is 0.245 e. The lowest BCUT2D eigenvalue weighted by molar-refractivity contribution is -0.145. The fourth-order valence-electron chi connectivity index (χ4n) is 5.89. The first-order valence-electron chi connectivity index (χ1n) is 16.2. The molecule has 2 aliphatic heterocycles. The van der Waals surface area contributed by atoms with Crippen LogP contribution in [0.2, 0.25) is 0 Å². The maximum absolute atomic E-state index is 13.8. The SMILES string of the molecule is CC(C)C[C@@H]1NC(=O)[C@H]([C@@H](C)O)NC(=O)[C@H](CC(C)C)NC(=O)[C@@H]2CCCN2C(=O)CN(C)C(=O)[C@H](Cc2ccccc2)NC1=O. The highest BCUT2D eigenvalue weighted by Crippen LogP contribution is 2.19. The van der Waals surface area contributed by atoms with Gasteiger partial charge in [-0.15, -0.1) is 0 Å². The van der Waals surface area contributed by atoms with Crippen molar-refractivity contribution in [2.24, 2.45) is 11.8 Å². The van der Waals surface area contributed by atoms with E-state index in [4.69, 9.17) is 0 Å². The Labute approximate surface area is 271 Å². The third-order valence-electron chi connectivity index (χ3n) is 8.26. The Balaban J connectivity index is 2.03.